The van der Waals surface area contributed by atoms with Gasteiger partial charge in [-0.3, -0.25) is 0 Å². The van der Waals surface area contributed by atoms with Crippen LogP contribution in [0, 0.1) is 0 Å². The third-order valence-electron chi connectivity index (χ3n) is 6.14. The molecule has 0 bridgehead atoms. The van der Waals surface area contributed by atoms with Crippen LogP contribution in [0.25, 0.3) is 0 Å². The van der Waals surface area contributed by atoms with E-state index in [-0.39, 0.29) is 49.2 Å². The zero-order valence-electron chi connectivity index (χ0n) is 25.9. The lowest BCUT2D eigenvalue weighted by molar-refractivity contribution is 0.00539. The Labute approximate surface area is 264 Å². The Bertz CT molecular complexity index is 1110. The number of hydrogen-bond acceptors (Lipinski definition) is 11. The highest BCUT2D eigenvalue weighted by Crippen LogP contribution is 2.37. The minimum Gasteiger partial charge on any atom is -0.502 e. The van der Waals surface area contributed by atoms with Crippen LogP contribution in [0.4, 0.5) is 0 Å². The van der Waals surface area contributed by atoms with Crippen LogP contribution in [0.1, 0.15) is 21.5 Å². The van der Waals surface area contributed by atoms with Crippen LogP contribution in [-0.2, 0) is 46.4 Å². The summed E-state index contributed by atoms with van der Waals surface area (Å²) in [6, 6.07) is 22.7. The number of ether oxygens (including phenoxy) is 9. The molecule has 0 heterocycles. The number of carbonyl (C=O) groups excluding carboxylic acids is 1. The zero-order valence-corrected chi connectivity index (χ0v) is 25.9. The maximum atomic E-state index is 12.1. The second kappa shape index (κ2) is 22.7. The lowest BCUT2D eigenvalue weighted by Crippen LogP contribution is -2.14. The van der Waals surface area contributed by atoms with Crippen molar-refractivity contribution in [2.75, 3.05) is 86.4 Å². The molecule has 3 aromatic rings. The third kappa shape index (κ3) is 15.2. The van der Waals surface area contributed by atoms with Crippen LogP contribution in [0.15, 0.2) is 72.8 Å². The predicted molar refractivity (Wildman–Crippen MR) is 166 cm³/mol. The average Bonchev–Trinajstić information content (AvgIpc) is 3.07. The summed E-state index contributed by atoms with van der Waals surface area (Å²) in [5, 5.41) is 10.7. The van der Waals surface area contributed by atoms with Crippen molar-refractivity contribution < 1.29 is 52.5 Å². The first-order valence-corrected chi connectivity index (χ1v) is 14.9. The molecule has 0 amide bonds. The summed E-state index contributed by atoms with van der Waals surface area (Å²) in [6.07, 6.45) is 0. The van der Waals surface area contributed by atoms with E-state index in [0.29, 0.717) is 66.1 Å². The summed E-state index contributed by atoms with van der Waals surface area (Å²) in [5.41, 5.74) is 2.41. The van der Waals surface area contributed by atoms with Crippen LogP contribution in [-0.4, -0.2) is 97.5 Å². The van der Waals surface area contributed by atoms with Crippen LogP contribution in [0.2, 0.25) is 0 Å². The summed E-state index contributed by atoms with van der Waals surface area (Å²) in [6.45, 7) is 5.35. The van der Waals surface area contributed by atoms with Crippen molar-refractivity contribution >= 4 is 5.97 Å². The standard InChI is InChI=1S/C34H44O11/c1-37-34(36)30-24-31(44-22-20-40-14-12-38-16-18-42-26-28-8-4-2-5-9-28)33(35)32(25-30)45-23-21-41-15-13-39-17-19-43-27-29-10-6-3-7-11-29/h2-11,24-25,35H,12-23,26-27H2,1H3. The lowest BCUT2D eigenvalue weighted by atomic mass is 10.2. The van der Waals surface area contributed by atoms with E-state index in [1.165, 1.54) is 19.2 Å². The molecule has 0 aromatic heterocycles. The molecule has 3 rings (SSSR count). The molecular formula is C34H44O11. The molecule has 0 atom stereocenters. The number of hydrogen-bond donors (Lipinski definition) is 1. The van der Waals surface area contributed by atoms with Gasteiger partial charge in [0, 0.05) is 0 Å². The van der Waals surface area contributed by atoms with Gasteiger partial charge in [-0.15, -0.1) is 0 Å². The van der Waals surface area contributed by atoms with Gasteiger partial charge in [-0.1, -0.05) is 60.7 Å². The second-order valence-electron chi connectivity index (χ2n) is 9.54. The average molecular weight is 629 g/mol. The molecule has 0 aliphatic carbocycles. The second-order valence-corrected chi connectivity index (χ2v) is 9.54. The number of esters is 1. The molecule has 3 aromatic carbocycles. The maximum absolute atomic E-state index is 12.1. The normalized spacial score (nSPS) is 11.0. The SMILES string of the molecule is COC(=O)c1cc(OCCOCCOCCOCc2ccccc2)c(O)c(OCCOCCOCCOCc2ccccc2)c1. The van der Waals surface area contributed by atoms with E-state index in [9.17, 15) is 9.90 Å². The van der Waals surface area contributed by atoms with Crippen LogP contribution < -0.4 is 9.47 Å². The minimum absolute atomic E-state index is 0.0760. The molecule has 1 N–H and O–H groups in total. The largest absolute Gasteiger partial charge is 0.502 e. The van der Waals surface area contributed by atoms with Crippen LogP contribution >= 0.6 is 0 Å². The number of carbonyl (C=O) groups is 1. The third-order valence-corrected chi connectivity index (χ3v) is 6.14. The highest BCUT2D eigenvalue weighted by Gasteiger charge is 2.17. The highest BCUT2D eigenvalue weighted by atomic mass is 16.6. The highest BCUT2D eigenvalue weighted by molar-refractivity contribution is 5.91. The van der Waals surface area contributed by atoms with E-state index >= 15 is 0 Å². The van der Waals surface area contributed by atoms with Gasteiger partial charge in [0.05, 0.1) is 92.0 Å². The molecular weight excluding hydrogens is 584 g/mol. The van der Waals surface area contributed by atoms with E-state index in [0.717, 1.165) is 11.1 Å². The number of phenolic OH excluding ortho intramolecular Hbond substituents is 1. The number of methoxy groups -OCH3 is 1. The fraction of sp³-hybridized carbons (Fsp3) is 0.441. The van der Waals surface area contributed by atoms with Crippen molar-refractivity contribution in [3.05, 3.63) is 89.5 Å². The van der Waals surface area contributed by atoms with Gasteiger partial charge in [0.15, 0.2) is 11.5 Å². The van der Waals surface area contributed by atoms with Gasteiger partial charge < -0.3 is 47.7 Å². The first-order valence-electron chi connectivity index (χ1n) is 14.9. The lowest BCUT2D eigenvalue weighted by Gasteiger charge is -2.14. The Morgan fingerprint density at radius 2 is 0.889 bits per heavy atom. The fourth-order valence-corrected chi connectivity index (χ4v) is 3.87. The van der Waals surface area contributed by atoms with Crippen molar-refractivity contribution in [3.63, 3.8) is 0 Å². The molecule has 0 saturated heterocycles. The van der Waals surface area contributed by atoms with E-state index in [1.54, 1.807) is 0 Å². The Morgan fingerprint density at radius 1 is 0.533 bits per heavy atom. The molecule has 0 aliphatic rings. The van der Waals surface area contributed by atoms with Gasteiger partial charge in [-0.05, 0) is 23.3 Å². The summed E-state index contributed by atoms with van der Waals surface area (Å²) in [4.78, 5) is 12.1. The van der Waals surface area contributed by atoms with Gasteiger partial charge in [0.1, 0.15) is 13.2 Å². The van der Waals surface area contributed by atoms with Crippen molar-refractivity contribution in [1.29, 1.82) is 0 Å². The van der Waals surface area contributed by atoms with Gasteiger partial charge >= 0.3 is 5.97 Å². The topological polar surface area (TPSA) is 120 Å². The van der Waals surface area contributed by atoms with Gasteiger partial charge in [0.2, 0.25) is 5.75 Å². The van der Waals surface area contributed by atoms with E-state index in [4.69, 9.17) is 42.6 Å². The van der Waals surface area contributed by atoms with E-state index < -0.39 is 5.97 Å². The first kappa shape index (κ1) is 35.8. The van der Waals surface area contributed by atoms with Crippen LogP contribution in [0.3, 0.4) is 0 Å². The first-order chi connectivity index (χ1) is 22.2. The van der Waals surface area contributed by atoms with Gasteiger partial charge in [-0.2, -0.15) is 0 Å². The Kier molecular flexibility index (Phi) is 18.1. The van der Waals surface area contributed by atoms with Crippen LogP contribution in [0.5, 0.6) is 17.2 Å². The summed E-state index contributed by atoms with van der Waals surface area (Å²) >= 11 is 0. The molecule has 11 heteroatoms. The molecule has 0 saturated carbocycles. The van der Waals surface area contributed by atoms with Crippen molar-refractivity contribution in [1.82, 2.24) is 0 Å². The van der Waals surface area contributed by atoms with E-state index in [1.807, 2.05) is 60.7 Å². The molecule has 0 unspecified atom stereocenters. The zero-order chi connectivity index (χ0) is 31.8. The van der Waals surface area contributed by atoms with Gasteiger partial charge in [-0.25, -0.2) is 4.79 Å². The Morgan fingerprint density at radius 3 is 1.27 bits per heavy atom. The van der Waals surface area contributed by atoms with Crippen molar-refractivity contribution in [2.45, 2.75) is 13.2 Å². The maximum Gasteiger partial charge on any atom is 0.338 e. The molecule has 246 valence electrons. The van der Waals surface area contributed by atoms with Crippen molar-refractivity contribution in [2.24, 2.45) is 0 Å². The molecule has 0 spiro atoms. The molecule has 0 aliphatic heterocycles. The number of phenols is 1. The predicted octanol–water partition coefficient (Wildman–Crippen LogP) is 4.44. The van der Waals surface area contributed by atoms with Gasteiger partial charge in [0.25, 0.3) is 0 Å². The summed E-state index contributed by atoms with van der Waals surface area (Å²) in [7, 11) is 1.27. The molecule has 0 fully saturated rings. The number of rotatable bonds is 25. The molecule has 11 nitrogen and oxygen atoms in total. The quantitative estimate of drug-likeness (QED) is 0.106. The molecule has 45 heavy (non-hydrogen) atoms. The monoisotopic (exact) mass is 628 g/mol. The number of benzene rings is 3. The molecule has 0 radical (unpaired) electrons. The Hall–Kier alpha value is -3.71. The minimum atomic E-state index is -0.591. The Balaban J connectivity index is 1.24. The van der Waals surface area contributed by atoms with Crippen molar-refractivity contribution in [3.8, 4) is 17.2 Å². The number of aromatic hydroxyl groups is 1. The fourth-order valence-electron chi connectivity index (χ4n) is 3.87. The van der Waals surface area contributed by atoms with E-state index in [2.05, 4.69) is 0 Å². The smallest absolute Gasteiger partial charge is 0.338 e. The summed E-state index contributed by atoms with van der Waals surface area (Å²) in [5.74, 6) is -0.674. The summed E-state index contributed by atoms with van der Waals surface area (Å²) < 4.78 is 49.3.